The standard InChI is InChI=1S/C26H29N3O3/c1-2-3-8-20-11-13-23(14-12-20)28-26(31)22(18-27)17-21-9-4-5-10-24(21)32-19-25(30)29-15-6-7-16-29/h4-5,9-14,17H,2-3,6-8,15-16,19H2,1H3,(H,28,31)/b22-17+. The summed E-state index contributed by atoms with van der Waals surface area (Å²) in [6.45, 7) is 3.62. The molecular weight excluding hydrogens is 402 g/mol. The molecule has 0 bridgehead atoms. The van der Waals surface area contributed by atoms with Gasteiger partial charge in [0.1, 0.15) is 17.4 Å². The van der Waals surface area contributed by atoms with Crippen LogP contribution in [0, 0.1) is 11.3 Å². The second-order valence-corrected chi connectivity index (χ2v) is 7.84. The molecule has 2 aromatic carbocycles. The second-order valence-electron chi connectivity index (χ2n) is 7.84. The van der Waals surface area contributed by atoms with Crippen molar-refractivity contribution >= 4 is 23.6 Å². The van der Waals surface area contributed by atoms with Gasteiger partial charge in [-0.1, -0.05) is 43.7 Å². The van der Waals surface area contributed by atoms with Crippen molar-refractivity contribution in [1.29, 1.82) is 5.26 Å². The number of nitrogens with one attached hydrogen (secondary N) is 1. The van der Waals surface area contributed by atoms with E-state index < -0.39 is 5.91 Å². The minimum Gasteiger partial charge on any atom is -0.483 e. The molecule has 6 heteroatoms. The molecule has 0 aliphatic carbocycles. The van der Waals surface area contributed by atoms with E-state index in [0.29, 0.717) is 17.0 Å². The summed E-state index contributed by atoms with van der Waals surface area (Å²) >= 11 is 0. The molecule has 0 radical (unpaired) electrons. The summed E-state index contributed by atoms with van der Waals surface area (Å²) in [4.78, 5) is 26.7. The van der Waals surface area contributed by atoms with Gasteiger partial charge >= 0.3 is 0 Å². The lowest BCUT2D eigenvalue weighted by atomic mass is 10.1. The van der Waals surface area contributed by atoms with E-state index in [4.69, 9.17) is 4.74 Å². The Morgan fingerprint density at radius 2 is 1.84 bits per heavy atom. The topological polar surface area (TPSA) is 82.4 Å². The van der Waals surface area contributed by atoms with Gasteiger partial charge in [-0.15, -0.1) is 0 Å². The van der Waals surface area contributed by atoms with E-state index in [1.165, 1.54) is 11.6 Å². The van der Waals surface area contributed by atoms with Gasteiger partial charge in [-0.3, -0.25) is 9.59 Å². The first-order chi connectivity index (χ1) is 15.6. The maximum absolute atomic E-state index is 12.7. The molecule has 1 N–H and O–H groups in total. The Hall–Kier alpha value is -3.59. The molecule has 0 spiro atoms. The lowest BCUT2D eigenvalue weighted by molar-refractivity contribution is -0.132. The molecule has 1 fully saturated rings. The van der Waals surface area contributed by atoms with Crippen LogP contribution >= 0.6 is 0 Å². The lowest BCUT2D eigenvalue weighted by Crippen LogP contribution is -2.32. The van der Waals surface area contributed by atoms with Crippen LogP contribution in [0.1, 0.15) is 43.7 Å². The number of hydrogen-bond donors (Lipinski definition) is 1. The van der Waals surface area contributed by atoms with Crippen LogP contribution in [0.5, 0.6) is 5.75 Å². The number of benzene rings is 2. The minimum atomic E-state index is -0.489. The molecule has 0 aromatic heterocycles. The monoisotopic (exact) mass is 431 g/mol. The Morgan fingerprint density at radius 1 is 1.12 bits per heavy atom. The van der Waals surface area contributed by atoms with Crippen LogP contribution in [0.15, 0.2) is 54.1 Å². The lowest BCUT2D eigenvalue weighted by Gasteiger charge is -2.16. The number of carbonyl (C=O) groups is 2. The van der Waals surface area contributed by atoms with Crippen molar-refractivity contribution in [2.24, 2.45) is 0 Å². The van der Waals surface area contributed by atoms with E-state index in [9.17, 15) is 14.9 Å². The number of hydrogen-bond acceptors (Lipinski definition) is 4. The number of aryl methyl sites for hydroxylation is 1. The van der Waals surface area contributed by atoms with Crippen molar-refractivity contribution in [3.8, 4) is 11.8 Å². The van der Waals surface area contributed by atoms with Crippen LogP contribution < -0.4 is 10.1 Å². The summed E-state index contributed by atoms with van der Waals surface area (Å²) < 4.78 is 5.72. The van der Waals surface area contributed by atoms with Gasteiger partial charge in [0.2, 0.25) is 0 Å². The van der Waals surface area contributed by atoms with Gasteiger partial charge in [-0.2, -0.15) is 5.26 Å². The zero-order valence-corrected chi connectivity index (χ0v) is 18.5. The molecule has 32 heavy (non-hydrogen) atoms. The summed E-state index contributed by atoms with van der Waals surface area (Å²) in [5.41, 5.74) is 2.39. The van der Waals surface area contributed by atoms with Crippen molar-refractivity contribution < 1.29 is 14.3 Å². The number of para-hydroxylation sites is 1. The number of carbonyl (C=O) groups excluding carboxylic acids is 2. The van der Waals surface area contributed by atoms with Crippen molar-refractivity contribution in [1.82, 2.24) is 4.90 Å². The fourth-order valence-electron chi connectivity index (χ4n) is 3.57. The molecule has 0 atom stereocenters. The molecule has 3 rings (SSSR count). The Labute approximate surface area is 189 Å². The van der Waals surface area contributed by atoms with Crippen molar-refractivity contribution in [2.45, 2.75) is 39.0 Å². The van der Waals surface area contributed by atoms with Crippen molar-refractivity contribution in [3.63, 3.8) is 0 Å². The molecule has 1 heterocycles. The van der Waals surface area contributed by atoms with E-state index in [-0.39, 0.29) is 18.1 Å². The highest BCUT2D eigenvalue weighted by molar-refractivity contribution is 6.09. The third-order valence-corrected chi connectivity index (χ3v) is 5.42. The van der Waals surface area contributed by atoms with Crippen molar-refractivity contribution in [3.05, 3.63) is 65.2 Å². The molecule has 0 saturated carbocycles. The van der Waals surface area contributed by atoms with Crippen LogP contribution in [0.3, 0.4) is 0 Å². The maximum Gasteiger partial charge on any atom is 0.266 e. The van der Waals surface area contributed by atoms with Crippen LogP contribution in [0.25, 0.3) is 6.08 Å². The summed E-state index contributed by atoms with van der Waals surface area (Å²) in [6.07, 6.45) is 6.79. The predicted octanol–water partition coefficient (Wildman–Crippen LogP) is 4.58. The zero-order valence-electron chi connectivity index (χ0n) is 18.5. The summed E-state index contributed by atoms with van der Waals surface area (Å²) in [7, 11) is 0. The van der Waals surface area contributed by atoms with Gasteiger partial charge < -0.3 is 15.0 Å². The highest BCUT2D eigenvalue weighted by atomic mass is 16.5. The normalized spacial score (nSPS) is 13.5. The van der Waals surface area contributed by atoms with Gasteiger partial charge in [0.15, 0.2) is 6.61 Å². The van der Waals surface area contributed by atoms with E-state index in [1.54, 1.807) is 29.2 Å². The van der Waals surface area contributed by atoms with Crippen LogP contribution in [0.2, 0.25) is 0 Å². The zero-order chi connectivity index (χ0) is 22.8. The number of nitriles is 1. The number of ether oxygens (including phenoxy) is 1. The Kier molecular flexibility index (Phi) is 8.44. The van der Waals surface area contributed by atoms with E-state index >= 15 is 0 Å². The van der Waals surface area contributed by atoms with Gasteiger partial charge in [0, 0.05) is 24.3 Å². The molecule has 1 aliphatic rings. The van der Waals surface area contributed by atoms with Gasteiger partial charge in [0.25, 0.3) is 11.8 Å². The van der Waals surface area contributed by atoms with E-state index in [2.05, 4.69) is 12.2 Å². The van der Waals surface area contributed by atoms with Gasteiger partial charge in [-0.25, -0.2) is 0 Å². The van der Waals surface area contributed by atoms with Crippen molar-refractivity contribution in [2.75, 3.05) is 25.0 Å². The summed E-state index contributed by atoms with van der Waals surface area (Å²) in [5, 5.41) is 12.3. The van der Waals surface area contributed by atoms with Crippen LogP contribution in [-0.4, -0.2) is 36.4 Å². The molecule has 2 aromatic rings. The minimum absolute atomic E-state index is 0.0398. The number of unbranched alkanes of at least 4 members (excludes halogenated alkanes) is 1. The first-order valence-corrected chi connectivity index (χ1v) is 11.1. The van der Waals surface area contributed by atoms with E-state index in [0.717, 1.165) is 45.2 Å². The van der Waals surface area contributed by atoms with Gasteiger partial charge in [-0.05, 0) is 55.5 Å². The number of nitrogens with zero attached hydrogens (tertiary/aromatic N) is 2. The molecule has 1 saturated heterocycles. The smallest absolute Gasteiger partial charge is 0.266 e. The first kappa shape index (κ1) is 23.1. The Morgan fingerprint density at radius 3 is 2.53 bits per heavy atom. The van der Waals surface area contributed by atoms with E-state index in [1.807, 2.05) is 30.3 Å². The summed E-state index contributed by atoms with van der Waals surface area (Å²) in [5.74, 6) is -0.0838. The highest BCUT2D eigenvalue weighted by Crippen LogP contribution is 2.22. The molecular formula is C26H29N3O3. The third-order valence-electron chi connectivity index (χ3n) is 5.42. The largest absolute Gasteiger partial charge is 0.483 e. The van der Waals surface area contributed by atoms with Crippen LogP contribution in [-0.2, 0) is 16.0 Å². The average molecular weight is 432 g/mol. The Bertz CT molecular complexity index is 1000. The Balaban J connectivity index is 1.66. The molecule has 0 unspecified atom stereocenters. The quantitative estimate of drug-likeness (QED) is 0.465. The number of likely N-dealkylation sites (tertiary alicyclic amines) is 1. The average Bonchev–Trinajstić information content (AvgIpc) is 3.36. The maximum atomic E-state index is 12.7. The van der Waals surface area contributed by atoms with Crippen LogP contribution in [0.4, 0.5) is 5.69 Å². The SMILES string of the molecule is CCCCc1ccc(NC(=O)/C(C#N)=C/c2ccccc2OCC(=O)N2CCCC2)cc1. The second kappa shape index (κ2) is 11.7. The molecule has 1 aliphatic heterocycles. The third kappa shape index (κ3) is 6.45. The number of anilines is 1. The summed E-state index contributed by atoms with van der Waals surface area (Å²) in [6, 6.07) is 16.7. The predicted molar refractivity (Wildman–Crippen MR) is 125 cm³/mol. The number of amides is 2. The molecule has 6 nitrogen and oxygen atoms in total. The van der Waals surface area contributed by atoms with Gasteiger partial charge in [0.05, 0.1) is 0 Å². The fraction of sp³-hybridized carbons (Fsp3) is 0.346. The molecule has 166 valence electrons. The first-order valence-electron chi connectivity index (χ1n) is 11.1. The highest BCUT2D eigenvalue weighted by Gasteiger charge is 2.18. The fourth-order valence-corrected chi connectivity index (χ4v) is 3.57. The molecule has 2 amide bonds. The number of rotatable bonds is 9.